The summed E-state index contributed by atoms with van der Waals surface area (Å²) < 4.78 is 10.8. The molecule has 3 atom stereocenters. The maximum absolute atomic E-state index is 9.98. The first-order valence-corrected chi connectivity index (χ1v) is 7.14. The topological polar surface area (TPSA) is 38.7 Å². The summed E-state index contributed by atoms with van der Waals surface area (Å²) in [6.45, 7) is 2.93. The maximum Gasteiger partial charge on any atom is 0.119 e. The van der Waals surface area contributed by atoms with E-state index < -0.39 is 0 Å². The summed E-state index contributed by atoms with van der Waals surface area (Å²) in [5.41, 5.74) is 0. The Labute approximate surface area is 115 Å². The van der Waals surface area contributed by atoms with Gasteiger partial charge in [0, 0.05) is 0 Å². The first-order chi connectivity index (χ1) is 9.19. The molecule has 1 saturated carbocycles. The van der Waals surface area contributed by atoms with Crippen LogP contribution in [0.2, 0.25) is 0 Å². The van der Waals surface area contributed by atoms with Crippen LogP contribution in [0.5, 0.6) is 11.5 Å². The van der Waals surface area contributed by atoms with Gasteiger partial charge in [0.25, 0.3) is 0 Å². The zero-order valence-electron chi connectivity index (χ0n) is 11.8. The summed E-state index contributed by atoms with van der Waals surface area (Å²) in [6, 6.07) is 7.62. The third kappa shape index (κ3) is 4.13. The minimum atomic E-state index is -0.143. The minimum Gasteiger partial charge on any atom is -0.497 e. The molecule has 1 aromatic carbocycles. The summed E-state index contributed by atoms with van der Waals surface area (Å²) in [5, 5.41) is 9.98. The Morgan fingerprint density at radius 1 is 1.16 bits per heavy atom. The van der Waals surface area contributed by atoms with Gasteiger partial charge in [0.15, 0.2) is 0 Å². The molecule has 2 rings (SSSR count). The van der Waals surface area contributed by atoms with Gasteiger partial charge in [-0.3, -0.25) is 0 Å². The average Bonchev–Trinajstić information content (AvgIpc) is 2.43. The van der Waals surface area contributed by atoms with Gasteiger partial charge in [0.1, 0.15) is 11.5 Å². The molecule has 1 aliphatic carbocycles. The molecule has 1 N–H and O–H groups in total. The molecule has 3 nitrogen and oxygen atoms in total. The van der Waals surface area contributed by atoms with Crippen molar-refractivity contribution in [2.24, 2.45) is 11.8 Å². The fourth-order valence-electron chi connectivity index (χ4n) is 2.79. The molecule has 3 unspecified atom stereocenters. The molecule has 0 aliphatic heterocycles. The summed E-state index contributed by atoms with van der Waals surface area (Å²) >= 11 is 0. The SMILES string of the molecule is COc1ccc(OCCC2CC(C)CCC2O)cc1. The lowest BCUT2D eigenvalue weighted by Crippen LogP contribution is -2.29. The largest absolute Gasteiger partial charge is 0.497 e. The highest BCUT2D eigenvalue weighted by Gasteiger charge is 2.26. The lowest BCUT2D eigenvalue weighted by atomic mass is 9.79. The molecule has 0 spiro atoms. The van der Waals surface area contributed by atoms with Crippen LogP contribution in [-0.4, -0.2) is 24.9 Å². The zero-order valence-corrected chi connectivity index (χ0v) is 11.8. The number of hydrogen-bond donors (Lipinski definition) is 1. The molecule has 3 heteroatoms. The van der Waals surface area contributed by atoms with E-state index in [0.29, 0.717) is 12.5 Å². The highest BCUT2D eigenvalue weighted by Crippen LogP contribution is 2.31. The van der Waals surface area contributed by atoms with Crippen molar-refractivity contribution in [2.75, 3.05) is 13.7 Å². The molecule has 1 aliphatic rings. The van der Waals surface area contributed by atoms with E-state index in [9.17, 15) is 5.11 Å². The fraction of sp³-hybridized carbons (Fsp3) is 0.625. The molecular weight excluding hydrogens is 240 g/mol. The van der Waals surface area contributed by atoms with Crippen LogP contribution in [0.15, 0.2) is 24.3 Å². The predicted octanol–water partition coefficient (Wildman–Crippen LogP) is 3.26. The van der Waals surface area contributed by atoms with Crippen molar-refractivity contribution in [2.45, 2.75) is 38.7 Å². The van der Waals surface area contributed by atoms with Crippen LogP contribution in [0.4, 0.5) is 0 Å². The van der Waals surface area contributed by atoms with Gasteiger partial charge >= 0.3 is 0 Å². The maximum atomic E-state index is 9.98. The Bertz CT molecular complexity index is 374. The molecule has 0 aromatic heterocycles. The second-order valence-corrected chi connectivity index (χ2v) is 5.56. The minimum absolute atomic E-state index is 0.143. The van der Waals surface area contributed by atoms with Crippen LogP contribution in [0, 0.1) is 11.8 Å². The molecule has 0 amide bonds. The third-order valence-corrected chi connectivity index (χ3v) is 4.02. The number of hydrogen-bond acceptors (Lipinski definition) is 3. The van der Waals surface area contributed by atoms with Gasteiger partial charge in [-0.15, -0.1) is 0 Å². The molecule has 0 bridgehead atoms. The van der Waals surface area contributed by atoms with Gasteiger partial charge in [0.05, 0.1) is 19.8 Å². The first-order valence-electron chi connectivity index (χ1n) is 7.14. The van der Waals surface area contributed by atoms with Crippen LogP contribution >= 0.6 is 0 Å². The van der Waals surface area contributed by atoms with Crippen LogP contribution in [0.1, 0.15) is 32.6 Å². The van der Waals surface area contributed by atoms with E-state index in [4.69, 9.17) is 9.47 Å². The molecule has 0 radical (unpaired) electrons. The van der Waals surface area contributed by atoms with E-state index in [1.165, 1.54) is 0 Å². The number of ether oxygens (including phenoxy) is 2. The lowest BCUT2D eigenvalue weighted by molar-refractivity contribution is 0.0402. The number of rotatable bonds is 5. The van der Waals surface area contributed by atoms with E-state index in [-0.39, 0.29) is 6.10 Å². The summed E-state index contributed by atoms with van der Waals surface area (Å²) in [6.07, 6.45) is 3.99. The fourth-order valence-corrected chi connectivity index (χ4v) is 2.79. The second-order valence-electron chi connectivity index (χ2n) is 5.56. The van der Waals surface area contributed by atoms with Crippen molar-refractivity contribution in [1.29, 1.82) is 0 Å². The average molecular weight is 264 g/mol. The third-order valence-electron chi connectivity index (χ3n) is 4.02. The number of aliphatic hydroxyl groups is 1. The molecule has 106 valence electrons. The standard InChI is InChI=1S/C16H24O3/c1-12-3-8-16(17)13(11-12)9-10-19-15-6-4-14(18-2)5-7-15/h4-7,12-13,16-17H,3,8-11H2,1-2H3. The van der Waals surface area contributed by atoms with Crippen molar-refractivity contribution < 1.29 is 14.6 Å². The van der Waals surface area contributed by atoms with Gasteiger partial charge in [-0.2, -0.15) is 0 Å². The number of methoxy groups -OCH3 is 1. The Balaban J connectivity index is 1.75. The zero-order chi connectivity index (χ0) is 13.7. The van der Waals surface area contributed by atoms with Crippen LogP contribution < -0.4 is 9.47 Å². The van der Waals surface area contributed by atoms with E-state index in [2.05, 4.69) is 6.92 Å². The molecular formula is C16H24O3. The van der Waals surface area contributed by atoms with Gasteiger partial charge < -0.3 is 14.6 Å². The van der Waals surface area contributed by atoms with E-state index >= 15 is 0 Å². The van der Waals surface area contributed by atoms with E-state index in [1.807, 2.05) is 24.3 Å². The van der Waals surface area contributed by atoms with Crippen molar-refractivity contribution in [1.82, 2.24) is 0 Å². The second kappa shape index (κ2) is 6.80. The Morgan fingerprint density at radius 3 is 2.53 bits per heavy atom. The molecule has 0 saturated heterocycles. The summed E-state index contributed by atoms with van der Waals surface area (Å²) in [4.78, 5) is 0. The predicted molar refractivity (Wildman–Crippen MR) is 75.6 cm³/mol. The Morgan fingerprint density at radius 2 is 1.84 bits per heavy atom. The van der Waals surface area contributed by atoms with Gasteiger partial charge in [-0.25, -0.2) is 0 Å². The van der Waals surface area contributed by atoms with Gasteiger partial charge in [0.2, 0.25) is 0 Å². The first kappa shape index (κ1) is 14.2. The van der Waals surface area contributed by atoms with Crippen molar-refractivity contribution in [3.8, 4) is 11.5 Å². The number of benzene rings is 1. The normalized spacial score (nSPS) is 27.0. The molecule has 19 heavy (non-hydrogen) atoms. The summed E-state index contributed by atoms with van der Waals surface area (Å²) in [5.74, 6) is 2.82. The van der Waals surface area contributed by atoms with E-state index in [0.717, 1.165) is 43.1 Å². The molecule has 0 heterocycles. The van der Waals surface area contributed by atoms with Crippen LogP contribution in [0.3, 0.4) is 0 Å². The lowest BCUT2D eigenvalue weighted by Gasteiger charge is -2.31. The highest BCUT2D eigenvalue weighted by molar-refractivity contribution is 5.31. The smallest absolute Gasteiger partial charge is 0.119 e. The van der Waals surface area contributed by atoms with Crippen molar-refractivity contribution in [3.63, 3.8) is 0 Å². The van der Waals surface area contributed by atoms with Gasteiger partial charge in [-0.05, 0) is 61.8 Å². The van der Waals surface area contributed by atoms with Crippen LogP contribution in [0.25, 0.3) is 0 Å². The van der Waals surface area contributed by atoms with Crippen LogP contribution in [-0.2, 0) is 0 Å². The quantitative estimate of drug-likeness (QED) is 0.887. The number of aliphatic hydroxyl groups excluding tert-OH is 1. The van der Waals surface area contributed by atoms with Gasteiger partial charge in [-0.1, -0.05) is 6.92 Å². The monoisotopic (exact) mass is 264 g/mol. The Hall–Kier alpha value is -1.22. The summed E-state index contributed by atoms with van der Waals surface area (Å²) in [7, 11) is 1.65. The van der Waals surface area contributed by atoms with Crippen molar-refractivity contribution >= 4 is 0 Å². The Kier molecular flexibility index (Phi) is 5.08. The van der Waals surface area contributed by atoms with Crippen molar-refractivity contribution in [3.05, 3.63) is 24.3 Å². The highest BCUT2D eigenvalue weighted by atomic mass is 16.5. The molecule has 1 fully saturated rings. The van der Waals surface area contributed by atoms with E-state index in [1.54, 1.807) is 7.11 Å². The molecule has 1 aromatic rings.